The molecule has 0 aliphatic carbocycles. The van der Waals surface area contributed by atoms with E-state index in [0.717, 1.165) is 10.6 Å². The van der Waals surface area contributed by atoms with E-state index >= 15 is 0 Å². The van der Waals surface area contributed by atoms with E-state index < -0.39 is 44.2 Å². The molecule has 3 N–H and O–H groups in total. The maximum atomic E-state index is 13.3. The van der Waals surface area contributed by atoms with Crippen LogP contribution in [0, 0.1) is 0 Å². The maximum absolute atomic E-state index is 13.3. The number of H-pyrrole nitrogens is 1. The molecule has 0 saturated carbocycles. The predicted molar refractivity (Wildman–Crippen MR) is 74.1 cm³/mol. The maximum Gasteiger partial charge on any atom is 0.469 e. The van der Waals surface area contributed by atoms with Gasteiger partial charge in [0.2, 0.25) is 0 Å². The second-order valence-corrected chi connectivity index (χ2v) is 5.91. The lowest BCUT2D eigenvalue weighted by Crippen LogP contribution is -2.43. The Morgan fingerprint density at radius 3 is 2.59 bits per heavy atom. The van der Waals surface area contributed by atoms with Crippen molar-refractivity contribution in [1.29, 1.82) is 0 Å². The summed E-state index contributed by atoms with van der Waals surface area (Å²) in [4.78, 5) is 42.1. The summed E-state index contributed by atoms with van der Waals surface area (Å²) < 4.78 is 34.9. The van der Waals surface area contributed by atoms with Crippen LogP contribution in [-0.2, 0) is 13.8 Å². The zero-order valence-electron chi connectivity index (χ0n) is 12.1. The van der Waals surface area contributed by atoms with Crippen molar-refractivity contribution >= 4 is 7.82 Å². The van der Waals surface area contributed by atoms with Gasteiger partial charge in [0.25, 0.3) is 5.56 Å². The van der Waals surface area contributed by atoms with Crippen LogP contribution >= 0.6 is 7.82 Å². The van der Waals surface area contributed by atoms with Gasteiger partial charge < -0.3 is 14.5 Å². The molecule has 1 aromatic rings. The first-order valence-corrected chi connectivity index (χ1v) is 7.91. The molecule has 2 atom stereocenters. The van der Waals surface area contributed by atoms with Crippen molar-refractivity contribution in [1.82, 2.24) is 9.55 Å². The molecule has 0 aliphatic rings. The van der Waals surface area contributed by atoms with E-state index in [0.29, 0.717) is 0 Å². The number of halogens is 1. The van der Waals surface area contributed by atoms with E-state index in [4.69, 9.17) is 14.5 Å². The molecule has 0 amide bonds. The van der Waals surface area contributed by atoms with Crippen LogP contribution in [0.2, 0.25) is 0 Å². The molecule has 126 valence electrons. The first-order valence-electron chi connectivity index (χ1n) is 6.38. The van der Waals surface area contributed by atoms with Gasteiger partial charge in [-0.3, -0.25) is 18.9 Å². The third-order valence-corrected chi connectivity index (χ3v) is 3.51. The number of nitrogens with zero attached hydrogens (tertiary/aromatic N) is 1. The summed E-state index contributed by atoms with van der Waals surface area (Å²) in [5.41, 5.74) is -2.97. The average Bonchev–Trinajstić information content (AvgIpc) is 2.42. The first kappa shape index (κ1) is 18.7. The summed E-state index contributed by atoms with van der Waals surface area (Å²) in [7, 11) is -4.78. The molecule has 1 aromatic heterocycles. The van der Waals surface area contributed by atoms with E-state index in [9.17, 15) is 18.5 Å². The highest BCUT2D eigenvalue weighted by Gasteiger charge is 2.35. The fourth-order valence-corrected chi connectivity index (χ4v) is 2.12. The molecule has 0 unspecified atom stereocenters. The number of ether oxygens (including phenoxy) is 1. The summed E-state index contributed by atoms with van der Waals surface area (Å²) in [5, 5.41) is 0. The highest BCUT2D eigenvalue weighted by Crippen LogP contribution is 2.38. The summed E-state index contributed by atoms with van der Waals surface area (Å²) in [6, 6.07) is 1.09. The van der Waals surface area contributed by atoms with E-state index in [1.165, 1.54) is 13.1 Å². The van der Waals surface area contributed by atoms with Crippen molar-refractivity contribution in [3.8, 4) is 0 Å². The minimum atomic E-state index is -4.78. The molecule has 0 bridgehead atoms. The summed E-state index contributed by atoms with van der Waals surface area (Å²) in [6.45, 7) is 1.21. The molecule has 1 heterocycles. The van der Waals surface area contributed by atoms with Crippen LogP contribution in [0.25, 0.3) is 0 Å². The van der Waals surface area contributed by atoms with E-state index in [2.05, 4.69) is 4.52 Å². The highest BCUT2D eigenvalue weighted by atomic mass is 31.2. The summed E-state index contributed by atoms with van der Waals surface area (Å²) in [5.74, 6) is 0. The Morgan fingerprint density at radius 2 is 2.14 bits per heavy atom. The monoisotopic (exact) mass is 340 g/mol. The number of rotatable bonds is 8. The van der Waals surface area contributed by atoms with Crippen LogP contribution in [0.3, 0.4) is 0 Å². The smallest absolute Gasteiger partial charge is 0.347 e. The van der Waals surface area contributed by atoms with Gasteiger partial charge in [0.15, 0.2) is 0 Å². The molecule has 11 heteroatoms. The molecule has 1 rings (SSSR count). The minimum absolute atomic E-state index is 0.0476. The molecule has 0 fully saturated rings. The van der Waals surface area contributed by atoms with Gasteiger partial charge in [-0.25, -0.2) is 13.8 Å². The fourth-order valence-electron chi connectivity index (χ4n) is 1.72. The number of hydrogen-bond donors (Lipinski definition) is 3. The zero-order valence-corrected chi connectivity index (χ0v) is 13.0. The van der Waals surface area contributed by atoms with Crippen LogP contribution < -0.4 is 11.2 Å². The standard InChI is InChI=1S/C11H18FN2O7P/c1-3-11(6-12,7-20-22(17,18)19)21-8(2)14-5-4-9(15)13-10(14)16/h4-5,8H,3,6-7H2,1-2H3,(H,13,15,16)(H2,17,18,19)/t8-,11-/m1/s1. The summed E-state index contributed by atoms with van der Waals surface area (Å²) in [6.07, 6.45) is 0.237. The SMILES string of the molecule is CC[C@@](CF)(COP(=O)(O)O)O[C@H](C)n1ccc(=O)[nH]c1=O. The number of alkyl halides is 1. The molecule has 0 radical (unpaired) electrons. The second-order valence-electron chi connectivity index (χ2n) is 4.67. The van der Waals surface area contributed by atoms with Gasteiger partial charge in [0, 0.05) is 12.3 Å². The van der Waals surface area contributed by atoms with Crippen LogP contribution in [0.4, 0.5) is 4.39 Å². The van der Waals surface area contributed by atoms with E-state index in [1.54, 1.807) is 6.92 Å². The van der Waals surface area contributed by atoms with Crippen LogP contribution in [0.5, 0.6) is 0 Å². The number of aromatic nitrogens is 2. The Labute approximate surface area is 124 Å². The molecule has 22 heavy (non-hydrogen) atoms. The molecule has 0 spiro atoms. The largest absolute Gasteiger partial charge is 0.469 e. The van der Waals surface area contributed by atoms with Crippen molar-refractivity contribution in [2.24, 2.45) is 0 Å². The number of nitrogens with one attached hydrogen (secondary N) is 1. The van der Waals surface area contributed by atoms with Crippen molar-refractivity contribution < 1.29 is 28.0 Å². The Balaban J connectivity index is 2.96. The van der Waals surface area contributed by atoms with Gasteiger partial charge in [0.1, 0.15) is 18.5 Å². The number of phosphoric ester groups is 1. The summed E-state index contributed by atoms with van der Waals surface area (Å²) >= 11 is 0. The number of phosphoric acid groups is 1. The average molecular weight is 340 g/mol. The molecule has 0 aliphatic heterocycles. The molecule has 0 saturated heterocycles. The highest BCUT2D eigenvalue weighted by molar-refractivity contribution is 7.46. The minimum Gasteiger partial charge on any atom is -0.347 e. The lowest BCUT2D eigenvalue weighted by Gasteiger charge is -2.33. The van der Waals surface area contributed by atoms with Gasteiger partial charge in [-0.2, -0.15) is 0 Å². The van der Waals surface area contributed by atoms with Gasteiger partial charge in [0.05, 0.1) is 6.61 Å². The topological polar surface area (TPSA) is 131 Å². The molecule has 0 aromatic carbocycles. The van der Waals surface area contributed by atoms with Crippen molar-refractivity contribution in [3.05, 3.63) is 33.1 Å². The first-order chi connectivity index (χ1) is 10.1. The van der Waals surface area contributed by atoms with Gasteiger partial charge in [-0.05, 0) is 13.3 Å². The van der Waals surface area contributed by atoms with Gasteiger partial charge in [-0.15, -0.1) is 0 Å². The molecule has 9 nitrogen and oxygen atoms in total. The van der Waals surface area contributed by atoms with Crippen LogP contribution in [0.1, 0.15) is 26.5 Å². The number of aromatic amines is 1. The molecular formula is C11H18FN2O7P. The Hall–Kier alpha value is -1.32. The third-order valence-electron chi connectivity index (χ3n) is 3.05. The Kier molecular flexibility index (Phi) is 6.21. The van der Waals surface area contributed by atoms with Crippen molar-refractivity contribution in [3.63, 3.8) is 0 Å². The van der Waals surface area contributed by atoms with Crippen LogP contribution in [0.15, 0.2) is 21.9 Å². The van der Waals surface area contributed by atoms with Gasteiger partial charge >= 0.3 is 13.5 Å². The third kappa shape index (κ3) is 5.15. The normalized spacial score (nSPS) is 16.2. The van der Waals surface area contributed by atoms with E-state index in [1.807, 2.05) is 4.98 Å². The lowest BCUT2D eigenvalue weighted by molar-refractivity contribution is -0.150. The quantitative estimate of drug-likeness (QED) is 0.580. The van der Waals surface area contributed by atoms with Crippen LogP contribution in [-0.4, -0.2) is 38.2 Å². The second kappa shape index (κ2) is 7.30. The fraction of sp³-hybridized carbons (Fsp3) is 0.636. The number of hydrogen-bond acceptors (Lipinski definition) is 5. The molecular weight excluding hydrogens is 322 g/mol. The lowest BCUT2D eigenvalue weighted by atomic mass is 10.0. The predicted octanol–water partition coefficient (Wildman–Crippen LogP) is 0.299. The van der Waals surface area contributed by atoms with Crippen molar-refractivity contribution in [2.75, 3.05) is 13.3 Å². The zero-order chi connectivity index (χ0) is 17.0. The Bertz CT molecular complexity index is 648. The Morgan fingerprint density at radius 1 is 1.50 bits per heavy atom. The van der Waals surface area contributed by atoms with Gasteiger partial charge in [-0.1, -0.05) is 6.92 Å². The van der Waals surface area contributed by atoms with Crippen molar-refractivity contribution in [2.45, 2.75) is 32.1 Å². The van der Waals surface area contributed by atoms with E-state index in [-0.39, 0.29) is 6.42 Å².